The van der Waals surface area contributed by atoms with E-state index in [9.17, 15) is 9.59 Å². The van der Waals surface area contributed by atoms with Crippen molar-refractivity contribution in [3.8, 4) is 0 Å². The smallest absolute Gasteiger partial charge is 0.242 e. The Morgan fingerprint density at radius 1 is 1.27 bits per heavy atom. The molecule has 0 saturated carbocycles. The number of benzene rings is 1. The molecule has 1 aromatic carbocycles. The summed E-state index contributed by atoms with van der Waals surface area (Å²) in [5, 5.41) is 3.13. The van der Waals surface area contributed by atoms with Gasteiger partial charge in [-0.3, -0.25) is 9.59 Å². The summed E-state index contributed by atoms with van der Waals surface area (Å²) in [6, 6.07) is 7.15. The zero-order valence-corrected chi connectivity index (χ0v) is 19.5. The van der Waals surface area contributed by atoms with Crippen molar-refractivity contribution in [3.05, 3.63) is 55.7 Å². The molecule has 30 heavy (non-hydrogen) atoms. The average molecular weight is 469 g/mol. The Morgan fingerprint density at radius 3 is 2.77 bits per heavy atom. The number of carbonyl (C=O) groups excluding carboxylic acids is 2. The number of rotatable bonds is 8. The predicted octanol–water partition coefficient (Wildman–Crippen LogP) is 4.80. The molecule has 2 heterocycles. The SMILES string of the molecule is CCOCCCN(CC(=O)N1CCc2sccc2C1c1ccc(Cl)cc1Cl)C(C)=O. The molecule has 0 saturated heterocycles. The van der Waals surface area contributed by atoms with Gasteiger partial charge in [0.15, 0.2) is 0 Å². The lowest BCUT2D eigenvalue weighted by Gasteiger charge is -2.38. The van der Waals surface area contributed by atoms with E-state index >= 15 is 0 Å². The summed E-state index contributed by atoms with van der Waals surface area (Å²) in [6.07, 6.45) is 1.49. The maximum atomic E-state index is 13.3. The van der Waals surface area contributed by atoms with E-state index in [1.54, 1.807) is 28.4 Å². The van der Waals surface area contributed by atoms with E-state index in [1.165, 1.54) is 11.8 Å². The minimum absolute atomic E-state index is 0.0443. The van der Waals surface area contributed by atoms with Crippen molar-refractivity contribution in [3.63, 3.8) is 0 Å². The van der Waals surface area contributed by atoms with Gasteiger partial charge in [-0.25, -0.2) is 0 Å². The van der Waals surface area contributed by atoms with Gasteiger partial charge in [0.1, 0.15) is 0 Å². The average Bonchev–Trinajstić information content (AvgIpc) is 3.18. The normalized spacial score (nSPS) is 15.7. The lowest BCUT2D eigenvalue weighted by molar-refractivity contribution is -0.140. The first-order chi connectivity index (χ1) is 14.4. The van der Waals surface area contributed by atoms with Crippen molar-refractivity contribution in [1.82, 2.24) is 9.80 Å². The molecule has 0 bridgehead atoms. The number of nitrogens with zero attached hydrogens (tertiary/aromatic N) is 2. The van der Waals surface area contributed by atoms with Gasteiger partial charge in [-0.1, -0.05) is 29.3 Å². The van der Waals surface area contributed by atoms with Gasteiger partial charge in [-0.05, 0) is 54.5 Å². The van der Waals surface area contributed by atoms with Crippen LogP contribution in [-0.4, -0.2) is 54.5 Å². The van der Waals surface area contributed by atoms with E-state index in [-0.39, 0.29) is 24.4 Å². The van der Waals surface area contributed by atoms with Crippen molar-refractivity contribution in [1.29, 1.82) is 0 Å². The van der Waals surface area contributed by atoms with Crippen LogP contribution in [0.15, 0.2) is 29.6 Å². The zero-order valence-electron chi connectivity index (χ0n) is 17.2. The van der Waals surface area contributed by atoms with Crippen molar-refractivity contribution in [2.45, 2.75) is 32.7 Å². The molecule has 162 valence electrons. The summed E-state index contributed by atoms with van der Waals surface area (Å²) >= 11 is 14.3. The number of hydrogen-bond donors (Lipinski definition) is 0. The standard InChI is InChI=1S/C22H26Cl2N2O3S/c1-3-29-11-4-9-25(15(2)27)14-21(28)26-10-7-20-18(8-12-30-20)22(26)17-6-5-16(23)13-19(17)24/h5-6,8,12-13,22H,3-4,7,9-11,14H2,1-2H3. The number of amides is 2. The molecular weight excluding hydrogens is 443 g/mol. The Morgan fingerprint density at radius 2 is 2.07 bits per heavy atom. The molecule has 1 aliphatic heterocycles. The minimum atomic E-state index is -0.283. The summed E-state index contributed by atoms with van der Waals surface area (Å²) in [4.78, 5) is 30.1. The fourth-order valence-electron chi connectivity index (χ4n) is 3.75. The quantitative estimate of drug-likeness (QED) is 0.522. The van der Waals surface area contributed by atoms with Crippen LogP contribution in [0.3, 0.4) is 0 Å². The molecule has 0 fully saturated rings. The van der Waals surface area contributed by atoms with E-state index in [1.807, 2.05) is 23.3 Å². The van der Waals surface area contributed by atoms with Crippen LogP contribution in [-0.2, 0) is 20.7 Å². The van der Waals surface area contributed by atoms with Gasteiger partial charge in [0, 0.05) is 48.1 Å². The van der Waals surface area contributed by atoms with Crippen LogP contribution in [0.25, 0.3) is 0 Å². The van der Waals surface area contributed by atoms with E-state index in [4.69, 9.17) is 27.9 Å². The highest BCUT2D eigenvalue weighted by molar-refractivity contribution is 7.10. The highest BCUT2D eigenvalue weighted by Crippen LogP contribution is 2.41. The van der Waals surface area contributed by atoms with Crippen LogP contribution in [0.5, 0.6) is 0 Å². The zero-order chi connectivity index (χ0) is 21.7. The van der Waals surface area contributed by atoms with E-state index in [0.29, 0.717) is 42.8 Å². The molecule has 0 radical (unpaired) electrons. The molecule has 0 aliphatic carbocycles. The third-order valence-electron chi connectivity index (χ3n) is 5.24. The Balaban J connectivity index is 1.83. The van der Waals surface area contributed by atoms with E-state index < -0.39 is 0 Å². The number of ether oxygens (including phenoxy) is 1. The van der Waals surface area contributed by atoms with Gasteiger partial charge in [-0.2, -0.15) is 0 Å². The lowest BCUT2D eigenvalue weighted by Crippen LogP contribution is -2.46. The van der Waals surface area contributed by atoms with Gasteiger partial charge >= 0.3 is 0 Å². The Labute approximate surface area is 191 Å². The van der Waals surface area contributed by atoms with Crippen LogP contribution in [0.1, 0.15) is 42.3 Å². The van der Waals surface area contributed by atoms with Crippen molar-refractivity contribution < 1.29 is 14.3 Å². The Bertz CT molecular complexity index is 902. The largest absolute Gasteiger partial charge is 0.382 e. The fraction of sp³-hybridized carbons (Fsp3) is 0.455. The van der Waals surface area contributed by atoms with Crippen LogP contribution in [0.4, 0.5) is 0 Å². The topological polar surface area (TPSA) is 49.9 Å². The van der Waals surface area contributed by atoms with Crippen LogP contribution in [0.2, 0.25) is 10.0 Å². The molecule has 5 nitrogen and oxygen atoms in total. The third-order valence-corrected chi connectivity index (χ3v) is 6.79. The lowest BCUT2D eigenvalue weighted by atomic mass is 9.93. The molecular formula is C22H26Cl2N2O3S. The number of fused-ring (bicyclic) bond motifs is 1. The van der Waals surface area contributed by atoms with Gasteiger partial charge in [0.05, 0.1) is 12.6 Å². The number of halogens is 2. The summed E-state index contributed by atoms with van der Waals surface area (Å²) in [7, 11) is 0. The van der Waals surface area contributed by atoms with Gasteiger partial charge in [0.2, 0.25) is 11.8 Å². The first-order valence-electron chi connectivity index (χ1n) is 10.1. The highest BCUT2D eigenvalue weighted by atomic mass is 35.5. The van der Waals surface area contributed by atoms with Gasteiger partial charge in [-0.15, -0.1) is 11.3 Å². The summed E-state index contributed by atoms with van der Waals surface area (Å²) in [5.74, 6) is -0.205. The molecule has 1 atom stereocenters. The Kier molecular flexibility index (Phi) is 8.17. The maximum absolute atomic E-state index is 13.3. The van der Waals surface area contributed by atoms with E-state index in [0.717, 1.165) is 17.5 Å². The number of thiophene rings is 1. The summed E-state index contributed by atoms with van der Waals surface area (Å²) in [5.41, 5.74) is 1.94. The minimum Gasteiger partial charge on any atom is -0.382 e. The molecule has 1 aliphatic rings. The molecule has 8 heteroatoms. The van der Waals surface area contributed by atoms with Crippen molar-refractivity contribution in [2.75, 3.05) is 32.8 Å². The molecule has 1 aromatic heterocycles. The predicted molar refractivity (Wildman–Crippen MR) is 121 cm³/mol. The number of hydrogen-bond acceptors (Lipinski definition) is 4. The Hall–Kier alpha value is -1.60. The second-order valence-electron chi connectivity index (χ2n) is 7.20. The summed E-state index contributed by atoms with van der Waals surface area (Å²) in [6.45, 7) is 5.76. The first kappa shape index (κ1) is 23.1. The molecule has 3 rings (SSSR count). The highest BCUT2D eigenvalue weighted by Gasteiger charge is 2.34. The first-order valence-corrected chi connectivity index (χ1v) is 11.7. The maximum Gasteiger partial charge on any atom is 0.242 e. The van der Waals surface area contributed by atoms with Crippen LogP contribution < -0.4 is 0 Å². The molecule has 0 spiro atoms. The van der Waals surface area contributed by atoms with Crippen LogP contribution >= 0.6 is 34.5 Å². The third kappa shape index (κ3) is 5.35. The van der Waals surface area contributed by atoms with Gasteiger partial charge in [0.25, 0.3) is 0 Å². The second kappa shape index (κ2) is 10.6. The van der Waals surface area contributed by atoms with Crippen molar-refractivity contribution >= 4 is 46.4 Å². The fourth-order valence-corrected chi connectivity index (χ4v) is 5.16. The molecule has 2 aromatic rings. The van der Waals surface area contributed by atoms with Crippen molar-refractivity contribution in [2.24, 2.45) is 0 Å². The van der Waals surface area contributed by atoms with Gasteiger partial charge < -0.3 is 14.5 Å². The second-order valence-corrected chi connectivity index (χ2v) is 9.04. The monoisotopic (exact) mass is 468 g/mol. The van der Waals surface area contributed by atoms with E-state index in [2.05, 4.69) is 6.07 Å². The number of carbonyl (C=O) groups is 2. The molecule has 2 amide bonds. The van der Waals surface area contributed by atoms with Crippen LogP contribution in [0, 0.1) is 0 Å². The summed E-state index contributed by atoms with van der Waals surface area (Å²) < 4.78 is 5.36. The molecule has 1 unspecified atom stereocenters. The molecule has 0 N–H and O–H groups in total.